The van der Waals surface area contributed by atoms with E-state index in [0.717, 1.165) is 6.20 Å². The number of aryl methyl sites for hydroxylation is 1. The molecule has 0 aliphatic rings. The molecule has 15 heteroatoms. The molecular formula is C17H18N8O6S. The minimum Gasteiger partial charge on any atom is -0.467 e. The quantitative estimate of drug-likeness (QED) is 0.476. The predicted molar refractivity (Wildman–Crippen MR) is 109 cm³/mol. The zero-order valence-electron chi connectivity index (χ0n) is 17.1. The summed E-state index contributed by atoms with van der Waals surface area (Å²) in [6.45, 7) is 3.10. The highest BCUT2D eigenvalue weighted by Crippen LogP contribution is 2.24. The Kier molecular flexibility index (Phi) is 6.58. The molecule has 0 aromatic carbocycles. The Morgan fingerprint density at radius 1 is 1.22 bits per heavy atom. The summed E-state index contributed by atoms with van der Waals surface area (Å²) in [5, 5.41) is 7.47. The lowest BCUT2D eigenvalue weighted by atomic mass is 10.4. The molecule has 168 valence electrons. The molecule has 0 aliphatic heterocycles. The largest absolute Gasteiger partial charge is 0.467 e. The summed E-state index contributed by atoms with van der Waals surface area (Å²) in [5.41, 5.74) is -0.377. The molecule has 0 spiro atoms. The van der Waals surface area contributed by atoms with Crippen molar-refractivity contribution in [2.24, 2.45) is 0 Å². The third-order valence-corrected chi connectivity index (χ3v) is 5.43. The monoisotopic (exact) mass is 462 g/mol. The second-order valence-corrected chi connectivity index (χ2v) is 7.64. The maximum absolute atomic E-state index is 13.4. The number of ether oxygens (including phenoxy) is 2. The molecule has 0 saturated carbocycles. The van der Waals surface area contributed by atoms with Crippen LogP contribution in [-0.2, 0) is 14.8 Å². The normalized spacial score (nSPS) is 11.0. The standard InChI is InChI=1S/C17H18N8O6S/c1-4-31-14(26)11-9-19-24-13(11)32(28,29)25(12-7-5-6-8-18-12)17(27)23-15-20-10(2)21-16(22-15)30-3/h5-9H,4H2,1-3H3,(H,19,24)(H,20,21,22,23,27). The number of anilines is 2. The predicted octanol–water partition coefficient (Wildman–Crippen LogP) is 0.911. The van der Waals surface area contributed by atoms with E-state index in [1.54, 1.807) is 6.92 Å². The van der Waals surface area contributed by atoms with Gasteiger partial charge in [-0.15, -0.1) is 0 Å². The minimum absolute atomic E-state index is 0.00844. The van der Waals surface area contributed by atoms with Crippen molar-refractivity contribution in [2.45, 2.75) is 18.9 Å². The number of urea groups is 1. The second-order valence-electron chi connectivity index (χ2n) is 5.91. The topological polar surface area (TPSA) is 182 Å². The number of nitrogens with one attached hydrogen (secondary N) is 2. The molecule has 2 N–H and O–H groups in total. The molecule has 32 heavy (non-hydrogen) atoms. The van der Waals surface area contributed by atoms with Crippen LogP contribution >= 0.6 is 0 Å². The van der Waals surface area contributed by atoms with Crippen molar-refractivity contribution < 1.29 is 27.5 Å². The Hall–Kier alpha value is -4.14. The second kappa shape index (κ2) is 9.34. The van der Waals surface area contributed by atoms with E-state index in [1.165, 1.54) is 38.4 Å². The Bertz CT molecular complexity index is 1230. The molecule has 2 amide bonds. The van der Waals surface area contributed by atoms with Gasteiger partial charge in [-0.1, -0.05) is 6.07 Å². The number of carbonyl (C=O) groups excluding carboxylic acids is 2. The summed E-state index contributed by atoms with van der Waals surface area (Å²) in [7, 11) is -3.39. The van der Waals surface area contributed by atoms with E-state index >= 15 is 0 Å². The van der Waals surface area contributed by atoms with Gasteiger partial charge in [0.15, 0.2) is 10.8 Å². The first-order valence-electron chi connectivity index (χ1n) is 9.02. The zero-order valence-corrected chi connectivity index (χ0v) is 18.0. The van der Waals surface area contributed by atoms with Crippen LogP contribution in [0.1, 0.15) is 23.1 Å². The van der Waals surface area contributed by atoms with Crippen LogP contribution < -0.4 is 14.4 Å². The number of nitrogens with zero attached hydrogens (tertiary/aromatic N) is 6. The minimum atomic E-state index is -4.71. The van der Waals surface area contributed by atoms with Crippen molar-refractivity contribution in [3.63, 3.8) is 0 Å². The van der Waals surface area contributed by atoms with Crippen LogP contribution in [0.3, 0.4) is 0 Å². The van der Waals surface area contributed by atoms with Gasteiger partial charge in [-0.3, -0.25) is 10.4 Å². The fourth-order valence-electron chi connectivity index (χ4n) is 2.48. The highest BCUT2D eigenvalue weighted by atomic mass is 32.2. The molecule has 0 fully saturated rings. The van der Waals surface area contributed by atoms with E-state index in [9.17, 15) is 18.0 Å². The van der Waals surface area contributed by atoms with Gasteiger partial charge in [0.05, 0.1) is 19.9 Å². The summed E-state index contributed by atoms with van der Waals surface area (Å²) >= 11 is 0. The van der Waals surface area contributed by atoms with Crippen LogP contribution in [-0.4, -0.2) is 64.3 Å². The van der Waals surface area contributed by atoms with Crippen LogP contribution in [0.25, 0.3) is 0 Å². The average molecular weight is 462 g/mol. The number of aromatic amines is 1. The molecule has 3 aromatic heterocycles. The van der Waals surface area contributed by atoms with Gasteiger partial charge in [0.25, 0.3) is 10.0 Å². The van der Waals surface area contributed by atoms with Crippen molar-refractivity contribution in [1.82, 2.24) is 30.1 Å². The Balaban J connectivity index is 2.06. The van der Waals surface area contributed by atoms with Crippen molar-refractivity contribution in [1.29, 1.82) is 0 Å². The maximum Gasteiger partial charge on any atom is 0.344 e. The number of aromatic nitrogens is 6. The lowest BCUT2D eigenvalue weighted by Crippen LogP contribution is -2.41. The first kappa shape index (κ1) is 22.5. The van der Waals surface area contributed by atoms with Crippen LogP contribution in [0, 0.1) is 6.92 Å². The number of carbonyl (C=O) groups is 2. The molecule has 14 nitrogen and oxygen atoms in total. The van der Waals surface area contributed by atoms with Gasteiger partial charge < -0.3 is 9.47 Å². The van der Waals surface area contributed by atoms with E-state index in [1.807, 2.05) is 0 Å². The van der Waals surface area contributed by atoms with Crippen LogP contribution in [0.2, 0.25) is 0 Å². The van der Waals surface area contributed by atoms with Crippen LogP contribution in [0.15, 0.2) is 35.6 Å². The summed E-state index contributed by atoms with van der Waals surface area (Å²) in [6, 6.07) is 3.04. The first-order valence-corrected chi connectivity index (χ1v) is 10.5. The zero-order chi connectivity index (χ0) is 23.3. The number of esters is 1. The lowest BCUT2D eigenvalue weighted by molar-refractivity contribution is 0.0521. The summed E-state index contributed by atoms with van der Waals surface area (Å²) in [5.74, 6) is -1.23. The summed E-state index contributed by atoms with van der Waals surface area (Å²) < 4.78 is 37.0. The van der Waals surface area contributed by atoms with Gasteiger partial charge in [-0.25, -0.2) is 14.6 Å². The van der Waals surface area contributed by atoms with Gasteiger partial charge in [0.2, 0.25) is 5.95 Å². The molecule has 0 aliphatic carbocycles. The molecule has 3 aromatic rings. The highest BCUT2D eigenvalue weighted by Gasteiger charge is 2.37. The third-order valence-electron chi connectivity index (χ3n) is 3.77. The molecule has 3 heterocycles. The first-order chi connectivity index (χ1) is 15.3. The number of hydrogen-bond acceptors (Lipinski definition) is 11. The van der Waals surface area contributed by atoms with Gasteiger partial charge in [0.1, 0.15) is 11.4 Å². The van der Waals surface area contributed by atoms with E-state index < -0.39 is 27.0 Å². The number of H-pyrrole nitrogens is 1. The van der Waals surface area contributed by atoms with Crippen molar-refractivity contribution in [3.8, 4) is 6.01 Å². The van der Waals surface area contributed by atoms with E-state index in [4.69, 9.17) is 9.47 Å². The van der Waals surface area contributed by atoms with Crippen LogP contribution in [0.5, 0.6) is 6.01 Å². The smallest absolute Gasteiger partial charge is 0.344 e. The van der Waals surface area contributed by atoms with E-state index in [0.29, 0.717) is 4.31 Å². The van der Waals surface area contributed by atoms with Gasteiger partial charge in [0, 0.05) is 6.20 Å². The SMILES string of the molecule is CCOC(=O)c1cn[nH]c1S(=O)(=O)N(C(=O)Nc1nc(C)nc(OC)n1)c1ccccn1. The van der Waals surface area contributed by atoms with Gasteiger partial charge in [-0.05, 0) is 26.0 Å². The molecule has 0 saturated heterocycles. The molecule has 0 unspecified atom stereocenters. The average Bonchev–Trinajstić information content (AvgIpc) is 3.25. The summed E-state index contributed by atoms with van der Waals surface area (Å²) in [4.78, 5) is 40.9. The van der Waals surface area contributed by atoms with Crippen molar-refractivity contribution in [3.05, 3.63) is 42.0 Å². The Labute approximate surface area is 182 Å². The number of hydrogen-bond donors (Lipinski definition) is 2. The number of rotatable bonds is 7. The van der Waals surface area contributed by atoms with Crippen molar-refractivity contribution >= 4 is 33.8 Å². The van der Waals surface area contributed by atoms with Crippen molar-refractivity contribution in [2.75, 3.05) is 23.3 Å². The fraction of sp³-hybridized carbons (Fsp3) is 0.235. The lowest BCUT2D eigenvalue weighted by Gasteiger charge is -2.21. The molecule has 0 atom stereocenters. The van der Waals surface area contributed by atoms with Crippen LogP contribution in [0.4, 0.5) is 16.6 Å². The number of sulfonamides is 1. The Morgan fingerprint density at radius 3 is 2.66 bits per heavy atom. The fourth-order valence-corrected chi connectivity index (χ4v) is 3.86. The third kappa shape index (κ3) is 4.61. The molecule has 0 radical (unpaired) electrons. The van der Waals surface area contributed by atoms with Gasteiger partial charge in [-0.2, -0.15) is 32.8 Å². The maximum atomic E-state index is 13.4. The van der Waals surface area contributed by atoms with E-state index in [-0.39, 0.29) is 35.8 Å². The van der Waals surface area contributed by atoms with E-state index in [2.05, 4.69) is 35.5 Å². The number of methoxy groups -OCH3 is 1. The molecule has 0 bridgehead atoms. The number of pyridine rings is 1. The summed E-state index contributed by atoms with van der Waals surface area (Å²) in [6.07, 6.45) is 2.28. The van der Waals surface area contributed by atoms with Gasteiger partial charge >= 0.3 is 18.0 Å². The molecule has 3 rings (SSSR count). The molecular weight excluding hydrogens is 444 g/mol. The highest BCUT2D eigenvalue weighted by molar-refractivity contribution is 7.93. The number of amides is 2. The Morgan fingerprint density at radius 2 is 2.00 bits per heavy atom.